The van der Waals surface area contributed by atoms with Gasteiger partial charge in [-0.15, -0.1) is 0 Å². The molecule has 126 valence electrons. The van der Waals surface area contributed by atoms with E-state index in [1.807, 2.05) is 17.3 Å². The highest BCUT2D eigenvalue weighted by Gasteiger charge is 2.25. The van der Waals surface area contributed by atoms with Crippen LogP contribution in [0.15, 0.2) is 12.4 Å². The number of rotatable bonds is 4. The van der Waals surface area contributed by atoms with Gasteiger partial charge in [0, 0.05) is 45.0 Å². The number of hydrogen-bond acceptors (Lipinski definition) is 5. The Morgan fingerprint density at radius 1 is 1.17 bits per heavy atom. The molecular formula is C17H26N4O2. The number of aromatic nitrogens is 2. The summed E-state index contributed by atoms with van der Waals surface area (Å²) in [6.45, 7) is 6.82. The van der Waals surface area contributed by atoms with E-state index in [9.17, 15) is 4.79 Å². The largest absolute Gasteiger partial charge is 0.378 e. The number of aryl methyl sites for hydroxylation is 1. The number of piperidine rings is 1. The minimum absolute atomic E-state index is 0.287. The quantitative estimate of drug-likeness (QED) is 0.842. The molecule has 2 aliphatic rings. The highest BCUT2D eigenvalue weighted by molar-refractivity contribution is 5.76. The van der Waals surface area contributed by atoms with E-state index in [0.717, 1.165) is 51.4 Å². The van der Waals surface area contributed by atoms with E-state index in [1.165, 1.54) is 5.56 Å². The van der Waals surface area contributed by atoms with Crippen LogP contribution in [0, 0.1) is 5.92 Å². The summed E-state index contributed by atoms with van der Waals surface area (Å²) in [7, 11) is 0. The van der Waals surface area contributed by atoms with Crippen LogP contribution >= 0.6 is 0 Å². The van der Waals surface area contributed by atoms with E-state index in [2.05, 4.69) is 21.8 Å². The molecule has 0 bridgehead atoms. The molecule has 3 rings (SSSR count). The maximum absolute atomic E-state index is 12.3. The first-order chi connectivity index (χ1) is 11.3. The summed E-state index contributed by atoms with van der Waals surface area (Å²) in [6.07, 6.45) is 7.53. The predicted octanol–water partition coefficient (Wildman–Crippen LogP) is 1.50. The molecule has 1 aromatic heterocycles. The molecule has 0 spiro atoms. The summed E-state index contributed by atoms with van der Waals surface area (Å²) in [5, 5.41) is 0. The molecule has 0 saturated carbocycles. The smallest absolute Gasteiger partial charge is 0.225 e. The number of hydrogen-bond donors (Lipinski definition) is 0. The van der Waals surface area contributed by atoms with Crippen molar-refractivity contribution in [2.24, 2.45) is 5.92 Å². The normalized spacial score (nSPS) is 19.9. The molecule has 3 heterocycles. The zero-order valence-corrected chi connectivity index (χ0v) is 13.9. The maximum atomic E-state index is 12.3. The Labute approximate surface area is 137 Å². The Morgan fingerprint density at radius 2 is 1.83 bits per heavy atom. The van der Waals surface area contributed by atoms with Gasteiger partial charge in [-0.2, -0.15) is 0 Å². The van der Waals surface area contributed by atoms with Crippen LogP contribution in [0.1, 0.15) is 31.7 Å². The van der Waals surface area contributed by atoms with Gasteiger partial charge < -0.3 is 14.5 Å². The second-order valence-corrected chi connectivity index (χ2v) is 6.37. The highest BCUT2D eigenvalue weighted by atomic mass is 16.5. The van der Waals surface area contributed by atoms with E-state index >= 15 is 0 Å². The van der Waals surface area contributed by atoms with E-state index in [1.54, 1.807) is 0 Å². The molecule has 2 fully saturated rings. The van der Waals surface area contributed by atoms with Crippen molar-refractivity contribution >= 4 is 11.9 Å². The standard InChI is InChI=1S/C17H26N4O2/c1-2-14-12-18-17(19-13-14)21-5-3-15(4-6-21)11-16(22)20-7-9-23-10-8-20/h12-13,15H,2-11H2,1H3. The molecule has 0 atom stereocenters. The average molecular weight is 318 g/mol. The van der Waals surface area contributed by atoms with Crippen molar-refractivity contribution in [1.29, 1.82) is 0 Å². The number of anilines is 1. The van der Waals surface area contributed by atoms with Gasteiger partial charge in [-0.1, -0.05) is 6.92 Å². The summed E-state index contributed by atoms with van der Waals surface area (Å²) in [4.78, 5) is 25.4. The number of morpholine rings is 1. The summed E-state index contributed by atoms with van der Waals surface area (Å²) < 4.78 is 5.30. The molecular weight excluding hydrogens is 292 g/mol. The van der Waals surface area contributed by atoms with E-state index in [-0.39, 0.29) is 5.91 Å². The molecule has 0 N–H and O–H groups in total. The third-order valence-corrected chi connectivity index (χ3v) is 4.82. The SMILES string of the molecule is CCc1cnc(N2CCC(CC(=O)N3CCOCC3)CC2)nc1. The molecule has 6 nitrogen and oxygen atoms in total. The third-order valence-electron chi connectivity index (χ3n) is 4.82. The molecule has 0 aromatic carbocycles. The van der Waals surface area contributed by atoms with Gasteiger partial charge >= 0.3 is 0 Å². The lowest BCUT2D eigenvalue weighted by atomic mass is 9.93. The lowest BCUT2D eigenvalue weighted by Gasteiger charge is -2.33. The Balaban J connectivity index is 1.46. The predicted molar refractivity (Wildman–Crippen MR) is 88.4 cm³/mol. The minimum Gasteiger partial charge on any atom is -0.378 e. The number of amides is 1. The number of carbonyl (C=O) groups excluding carboxylic acids is 1. The Hall–Kier alpha value is -1.69. The van der Waals surface area contributed by atoms with Crippen LogP contribution in [0.4, 0.5) is 5.95 Å². The third kappa shape index (κ3) is 4.19. The number of carbonyl (C=O) groups is 1. The van der Waals surface area contributed by atoms with Crippen molar-refractivity contribution in [2.75, 3.05) is 44.3 Å². The van der Waals surface area contributed by atoms with Crippen molar-refractivity contribution in [2.45, 2.75) is 32.6 Å². The minimum atomic E-state index is 0.287. The molecule has 0 unspecified atom stereocenters. The van der Waals surface area contributed by atoms with Crippen LogP contribution < -0.4 is 4.90 Å². The lowest BCUT2D eigenvalue weighted by Crippen LogP contribution is -2.42. The summed E-state index contributed by atoms with van der Waals surface area (Å²) in [5.74, 6) is 1.59. The van der Waals surface area contributed by atoms with Gasteiger partial charge in [-0.05, 0) is 30.7 Å². The van der Waals surface area contributed by atoms with Crippen LogP contribution in [0.25, 0.3) is 0 Å². The fraction of sp³-hybridized carbons (Fsp3) is 0.706. The molecule has 1 amide bonds. The van der Waals surface area contributed by atoms with Crippen LogP contribution in [-0.2, 0) is 16.0 Å². The van der Waals surface area contributed by atoms with E-state index in [4.69, 9.17) is 4.74 Å². The summed E-state index contributed by atoms with van der Waals surface area (Å²) >= 11 is 0. The van der Waals surface area contributed by atoms with Gasteiger partial charge in [-0.25, -0.2) is 9.97 Å². The molecule has 2 saturated heterocycles. The molecule has 6 heteroatoms. The Morgan fingerprint density at radius 3 is 2.43 bits per heavy atom. The van der Waals surface area contributed by atoms with Gasteiger partial charge in [0.1, 0.15) is 0 Å². The summed E-state index contributed by atoms with van der Waals surface area (Å²) in [5.41, 5.74) is 1.17. The zero-order valence-electron chi connectivity index (χ0n) is 13.9. The average Bonchev–Trinajstić information content (AvgIpc) is 2.63. The van der Waals surface area contributed by atoms with Crippen LogP contribution in [0.5, 0.6) is 0 Å². The van der Waals surface area contributed by atoms with Crippen molar-refractivity contribution in [3.05, 3.63) is 18.0 Å². The highest BCUT2D eigenvalue weighted by Crippen LogP contribution is 2.24. The molecule has 1 aromatic rings. The van der Waals surface area contributed by atoms with Gasteiger partial charge in [0.2, 0.25) is 11.9 Å². The van der Waals surface area contributed by atoms with Gasteiger partial charge in [0.15, 0.2) is 0 Å². The van der Waals surface area contributed by atoms with Crippen LogP contribution in [0.2, 0.25) is 0 Å². The van der Waals surface area contributed by atoms with Gasteiger partial charge in [-0.3, -0.25) is 4.79 Å². The topological polar surface area (TPSA) is 58.6 Å². The molecule has 0 aliphatic carbocycles. The molecule has 0 radical (unpaired) electrons. The first-order valence-corrected chi connectivity index (χ1v) is 8.67. The van der Waals surface area contributed by atoms with Crippen molar-refractivity contribution < 1.29 is 9.53 Å². The molecule has 2 aliphatic heterocycles. The van der Waals surface area contributed by atoms with Gasteiger partial charge in [0.05, 0.1) is 13.2 Å². The van der Waals surface area contributed by atoms with Crippen molar-refractivity contribution in [1.82, 2.24) is 14.9 Å². The maximum Gasteiger partial charge on any atom is 0.225 e. The van der Waals surface area contributed by atoms with Gasteiger partial charge in [0.25, 0.3) is 0 Å². The van der Waals surface area contributed by atoms with E-state index in [0.29, 0.717) is 25.6 Å². The van der Waals surface area contributed by atoms with Crippen molar-refractivity contribution in [3.63, 3.8) is 0 Å². The van der Waals surface area contributed by atoms with Crippen LogP contribution in [-0.4, -0.2) is 60.2 Å². The summed E-state index contributed by atoms with van der Waals surface area (Å²) in [6, 6.07) is 0. The number of ether oxygens (including phenoxy) is 1. The number of nitrogens with zero attached hydrogens (tertiary/aromatic N) is 4. The first-order valence-electron chi connectivity index (χ1n) is 8.67. The van der Waals surface area contributed by atoms with Crippen molar-refractivity contribution in [3.8, 4) is 0 Å². The zero-order chi connectivity index (χ0) is 16.1. The monoisotopic (exact) mass is 318 g/mol. The lowest BCUT2D eigenvalue weighted by molar-refractivity contribution is -0.136. The second-order valence-electron chi connectivity index (χ2n) is 6.37. The fourth-order valence-electron chi connectivity index (χ4n) is 3.22. The first kappa shape index (κ1) is 16.2. The Kier molecular flexibility index (Phi) is 5.43. The Bertz CT molecular complexity index is 506. The molecule has 23 heavy (non-hydrogen) atoms. The van der Waals surface area contributed by atoms with E-state index < -0.39 is 0 Å². The van der Waals surface area contributed by atoms with Crippen LogP contribution in [0.3, 0.4) is 0 Å². The fourth-order valence-corrected chi connectivity index (χ4v) is 3.22. The second kappa shape index (κ2) is 7.73.